The minimum Gasteiger partial charge on any atom is -0.399 e. The number of fused-ring (bicyclic) bond motifs is 6. The molecule has 0 saturated carbocycles. The highest BCUT2D eigenvalue weighted by Crippen LogP contribution is 2.26. The minimum absolute atomic E-state index is 0.486. The smallest absolute Gasteiger partial charge is 0.227 e. The monoisotopic (exact) mass is 383 g/mol. The average molecular weight is 383 g/mol. The Morgan fingerprint density at radius 1 is 1.03 bits per heavy atom. The van der Waals surface area contributed by atoms with E-state index in [0.29, 0.717) is 24.8 Å². The molecule has 6 nitrogen and oxygen atoms in total. The summed E-state index contributed by atoms with van der Waals surface area (Å²) in [4.78, 5) is 9.07. The zero-order chi connectivity index (χ0) is 19.6. The lowest BCUT2D eigenvalue weighted by Crippen LogP contribution is -2.01. The molecule has 6 heteroatoms. The molecule has 2 aromatic heterocycles. The molecule has 0 spiro atoms. The molecule has 4 aromatic rings. The first-order valence-electron chi connectivity index (χ1n) is 9.56. The zero-order valence-corrected chi connectivity index (χ0v) is 15.9. The van der Waals surface area contributed by atoms with Gasteiger partial charge in [-0.25, -0.2) is 9.97 Å². The molecule has 1 aliphatic heterocycles. The number of ether oxygens (including phenoxy) is 1. The van der Waals surface area contributed by atoms with Crippen molar-refractivity contribution in [1.82, 2.24) is 14.5 Å². The van der Waals surface area contributed by atoms with Crippen molar-refractivity contribution in [1.29, 1.82) is 0 Å². The highest BCUT2D eigenvalue weighted by atomic mass is 16.5. The Balaban J connectivity index is 1.60. The molecule has 0 unspecified atom stereocenters. The molecule has 0 aliphatic carbocycles. The second kappa shape index (κ2) is 7.41. The second-order valence-electron chi connectivity index (χ2n) is 7.08. The van der Waals surface area contributed by atoms with Gasteiger partial charge < -0.3 is 20.4 Å². The van der Waals surface area contributed by atoms with E-state index in [1.54, 1.807) is 6.20 Å². The number of nitrogens with two attached hydrogens (primary N) is 1. The summed E-state index contributed by atoms with van der Waals surface area (Å²) in [6.45, 7) is 1.82. The van der Waals surface area contributed by atoms with Crippen LogP contribution in [0.5, 0.6) is 0 Å². The summed E-state index contributed by atoms with van der Waals surface area (Å²) in [5.41, 5.74) is 11.7. The lowest BCUT2D eigenvalue weighted by atomic mass is 10.1. The molecule has 2 aromatic carbocycles. The van der Waals surface area contributed by atoms with Crippen LogP contribution >= 0.6 is 0 Å². The first-order chi connectivity index (χ1) is 14.2. The molecule has 6 bridgehead atoms. The standard InChI is InChI=1S/C23H21N5O/c24-19-11-16-12-20(14-19)26-23-25-7-5-21(27-23)18-4-3-17-6-9-28(22(17)13-18)8-1-2-10-29-15-16/h1-7,9,11-14H,8,10,15,24H2,(H,25,26,27)/b2-1-. The van der Waals surface area contributed by atoms with Crippen LogP contribution in [-0.4, -0.2) is 21.1 Å². The Bertz CT molecular complexity index is 1210. The second-order valence-corrected chi connectivity index (χ2v) is 7.08. The molecule has 0 saturated heterocycles. The fraction of sp³-hybridized carbons (Fsp3) is 0.130. The molecule has 0 radical (unpaired) electrons. The Labute approximate surface area is 168 Å². The van der Waals surface area contributed by atoms with Gasteiger partial charge in [-0.1, -0.05) is 24.3 Å². The molecular formula is C23H21N5O. The maximum Gasteiger partial charge on any atom is 0.227 e. The number of anilines is 3. The number of nitrogens with zero attached hydrogens (tertiary/aromatic N) is 3. The van der Waals surface area contributed by atoms with Crippen LogP contribution in [-0.2, 0) is 17.9 Å². The third-order valence-corrected chi connectivity index (χ3v) is 4.95. The first kappa shape index (κ1) is 17.5. The zero-order valence-electron chi connectivity index (χ0n) is 15.9. The maximum atomic E-state index is 6.07. The van der Waals surface area contributed by atoms with E-state index in [4.69, 9.17) is 15.5 Å². The number of rotatable bonds is 0. The minimum atomic E-state index is 0.486. The molecule has 144 valence electrons. The number of benzene rings is 2. The van der Waals surface area contributed by atoms with Crippen LogP contribution in [0.1, 0.15) is 5.56 Å². The Kier molecular flexibility index (Phi) is 4.46. The SMILES string of the molecule is Nc1cc2cc(c1)Nc1nccc(n1)-c1ccc3ccn(c3c1)C/C=C\COC2. The molecule has 0 fully saturated rings. The van der Waals surface area contributed by atoms with Gasteiger partial charge in [0, 0.05) is 41.4 Å². The van der Waals surface area contributed by atoms with Gasteiger partial charge in [-0.2, -0.15) is 0 Å². The molecule has 5 rings (SSSR count). The number of nitrogen functional groups attached to an aromatic ring is 1. The van der Waals surface area contributed by atoms with Gasteiger partial charge in [-0.05, 0) is 47.3 Å². The summed E-state index contributed by atoms with van der Waals surface area (Å²) in [6, 6.07) is 16.2. The molecule has 3 heterocycles. The van der Waals surface area contributed by atoms with Crippen molar-refractivity contribution in [3.05, 3.63) is 78.6 Å². The van der Waals surface area contributed by atoms with Crippen molar-refractivity contribution in [2.45, 2.75) is 13.2 Å². The van der Waals surface area contributed by atoms with Gasteiger partial charge in [0.05, 0.1) is 18.9 Å². The topological polar surface area (TPSA) is 78.0 Å². The summed E-state index contributed by atoms with van der Waals surface area (Å²) >= 11 is 0. The summed E-state index contributed by atoms with van der Waals surface area (Å²) in [5.74, 6) is 0.529. The van der Waals surface area contributed by atoms with E-state index in [0.717, 1.165) is 29.1 Å². The molecule has 0 atom stereocenters. The fourth-order valence-corrected chi connectivity index (χ4v) is 3.59. The van der Waals surface area contributed by atoms with E-state index in [9.17, 15) is 0 Å². The van der Waals surface area contributed by atoms with Gasteiger partial charge in [-0.15, -0.1) is 0 Å². The van der Waals surface area contributed by atoms with Gasteiger partial charge in [-0.3, -0.25) is 0 Å². The maximum absolute atomic E-state index is 6.07. The predicted octanol–water partition coefficient (Wildman–Crippen LogP) is 4.51. The van der Waals surface area contributed by atoms with E-state index in [1.165, 1.54) is 10.9 Å². The largest absolute Gasteiger partial charge is 0.399 e. The van der Waals surface area contributed by atoms with Crippen LogP contribution in [0.15, 0.2) is 73.1 Å². The highest BCUT2D eigenvalue weighted by Gasteiger charge is 2.08. The Morgan fingerprint density at radius 2 is 2.00 bits per heavy atom. The summed E-state index contributed by atoms with van der Waals surface area (Å²) in [5, 5.41) is 4.47. The van der Waals surface area contributed by atoms with Crippen molar-refractivity contribution in [3.8, 4) is 11.3 Å². The molecular weight excluding hydrogens is 362 g/mol. The van der Waals surface area contributed by atoms with Gasteiger partial charge in [0.25, 0.3) is 0 Å². The van der Waals surface area contributed by atoms with Crippen LogP contribution in [0.25, 0.3) is 22.2 Å². The van der Waals surface area contributed by atoms with Crippen molar-refractivity contribution in [2.75, 3.05) is 17.7 Å². The molecule has 1 aliphatic rings. The van der Waals surface area contributed by atoms with E-state index >= 15 is 0 Å². The summed E-state index contributed by atoms with van der Waals surface area (Å²) < 4.78 is 8.00. The van der Waals surface area contributed by atoms with E-state index in [-0.39, 0.29) is 0 Å². The fourth-order valence-electron chi connectivity index (χ4n) is 3.59. The van der Waals surface area contributed by atoms with Crippen LogP contribution in [0.3, 0.4) is 0 Å². The number of nitrogens with one attached hydrogen (secondary N) is 1. The van der Waals surface area contributed by atoms with Crippen molar-refractivity contribution in [2.24, 2.45) is 0 Å². The van der Waals surface area contributed by atoms with Gasteiger partial charge in [0.15, 0.2) is 0 Å². The number of hydrogen-bond acceptors (Lipinski definition) is 5. The van der Waals surface area contributed by atoms with Crippen LogP contribution < -0.4 is 11.1 Å². The Morgan fingerprint density at radius 3 is 2.97 bits per heavy atom. The van der Waals surface area contributed by atoms with Gasteiger partial charge >= 0.3 is 0 Å². The highest BCUT2D eigenvalue weighted by molar-refractivity contribution is 5.85. The normalized spacial score (nSPS) is 15.0. The van der Waals surface area contributed by atoms with Gasteiger partial charge in [0.1, 0.15) is 0 Å². The average Bonchev–Trinajstić information content (AvgIpc) is 3.12. The van der Waals surface area contributed by atoms with E-state index in [1.807, 2.05) is 30.3 Å². The van der Waals surface area contributed by atoms with Crippen molar-refractivity contribution < 1.29 is 4.74 Å². The van der Waals surface area contributed by atoms with Gasteiger partial charge in [0.2, 0.25) is 5.95 Å². The lowest BCUT2D eigenvalue weighted by Gasteiger charge is -2.10. The third kappa shape index (κ3) is 3.70. The first-order valence-corrected chi connectivity index (χ1v) is 9.56. The van der Waals surface area contributed by atoms with Crippen molar-refractivity contribution in [3.63, 3.8) is 0 Å². The Hall–Kier alpha value is -3.64. The van der Waals surface area contributed by atoms with E-state index < -0.39 is 0 Å². The van der Waals surface area contributed by atoms with Crippen LogP contribution in [0.4, 0.5) is 17.3 Å². The van der Waals surface area contributed by atoms with Crippen LogP contribution in [0.2, 0.25) is 0 Å². The lowest BCUT2D eigenvalue weighted by molar-refractivity contribution is 0.148. The summed E-state index contributed by atoms with van der Waals surface area (Å²) in [6.07, 6.45) is 8.04. The number of allylic oxidation sites excluding steroid dienone is 1. The quantitative estimate of drug-likeness (QED) is 0.345. The predicted molar refractivity (Wildman–Crippen MR) is 116 cm³/mol. The molecule has 3 N–H and O–H groups in total. The molecule has 29 heavy (non-hydrogen) atoms. The van der Waals surface area contributed by atoms with Crippen LogP contribution in [0, 0.1) is 0 Å². The number of aromatic nitrogens is 3. The summed E-state index contributed by atoms with van der Waals surface area (Å²) in [7, 11) is 0. The third-order valence-electron chi connectivity index (χ3n) is 4.95. The molecule has 0 amide bonds. The number of hydrogen-bond donors (Lipinski definition) is 2. The van der Waals surface area contributed by atoms with Crippen molar-refractivity contribution >= 4 is 28.2 Å². The van der Waals surface area contributed by atoms with E-state index in [2.05, 4.69) is 51.4 Å².